The Morgan fingerprint density at radius 3 is 2.73 bits per heavy atom. The first-order valence-electron chi connectivity index (χ1n) is 8.61. The minimum absolute atomic E-state index is 0.0601. The van der Waals surface area contributed by atoms with Crippen LogP contribution in [-0.2, 0) is 17.8 Å². The highest BCUT2D eigenvalue weighted by atomic mass is 32.1. The van der Waals surface area contributed by atoms with Gasteiger partial charge in [0.25, 0.3) is 5.56 Å². The molecular weight excluding hydrogens is 348 g/mol. The van der Waals surface area contributed by atoms with Crippen molar-refractivity contribution in [3.63, 3.8) is 0 Å². The van der Waals surface area contributed by atoms with Crippen LogP contribution in [0.15, 0.2) is 28.4 Å². The molecule has 0 aliphatic rings. The predicted molar refractivity (Wildman–Crippen MR) is 105 cm³/mol. The summed E-state index contributed by atoms with van der Waals surface area (Å²) in [6, 6.07) is 5.92. The molecule has 6 heteroatoms. The van der Waals surface area contributed by atoms with Gasteiger partial charge in [-0.15, -0.1) is 11.3 Å². The van der Waals surface area contributed by atoms with Crippen molar-refractivity contribution in [2.45, 2.75) is 40.2 Å². The molecule has 0 aliphatic heterocycles. The SMILES string of the molecule is CCc1nc2scc(-c3cc(C)ccc3OC)c2c(=O)n1CCC(C)=O. The van der Waals surface area contributed by atoms with Crippen LogP contribution in [0, 0.1) is 6.92 Å². The molecule has 2 aromatic heterocycles. The third-order valence-corrected chi connectivity index (χ3v) is 5.29. The molecule has 26 heavy (non-hydrogen) atoms. The molecule has 3 rings (SSSR count). The van der Waals surface area contributed by atoms with Gasteiger partial charge in [-0.25, -0.2) is 4.98 Å². The summed E-state index contributed by atoms with van der Waals surface area (Å²) in [5.74, 6) is 1.50. The van der Waals surface area contributed by atoms with Crippen LogP contribution in [0.5, 0.6) is 5.75 Å². The Hall–Kier alpha value is -2.47. The molecule has 0 spiro atoms. The molecule has 0 bridgehead atoms. The summed E-state index contributed by atoms with van der Waals surface area (Å²) in [6.45, 7) is 5.88. The van der Waals surface area contributed by atoms with E-state index < -0.39 is 0 Å². The molecular formula is C20H22N2O3S. The lowest BCUT2D eigenvalue weighted by Crippen LogP contribution is -2.25. The van der Waals surface area contributed by atoms with E-state index in [9.17, 15) is 9.59 Å². The average molecular weight is 370 g/mol. The number of hydrogen-bond acceptors (Lipinski definition) is 5. The molecule has 2 heterocycles. The summed E-state index contributed by atoms with van der Waals surface area (Å²) in [4.78, 5) is 30.1. The van der Waals surface area contributed by atoms with Crippen molar-refractivity contribution in [3.8, 4) is 16.9 Å². The molecule has 0 atom stereocenters. The number of Topliss-reactive ketones (excluding diaryl/α,β-unsaturated/α-hetero) is 1. The average Bonchev–Trinajstić information content (AvgIpc) is 3.04. The number of ether oxygens (including phenoxy) is 1. The fourth-order valence-electron chi connectivity index (χ4n) is 3.07. The highest BCUT2D eigenvalue weighted by Crippen LogP contribution is 2.37. The standard InChI is InChI=1S/C20H22N2O3S/c1-5-17-21-19-18(20(24)22(17)9-8-13(3)23)15(11-26-19)14-10-12(2)6-7-16(14)25-4/h6-7,10-11H,5,8-9H2,1-4H3. The number of thiophene rings is 1. The first kappa shape index (κ1) is 18.3. The number of rotatable bonds is 6. The van der Waals surface area contributed by atoms with Gasteiger partial charge >= 0.3 is 0 Å². The van der Waals surface area contributed by atoms with Gasteiger partial charge in [-0.3, -0.25) is 14.2 Å². The van der Waals surface area contributed by atoms with Gasteiger partial charge in [-0.2, -0.15) is 0 Å². The third-order valence-electron chi connectivity index (χ3n) is 4.42. The number of benzene rings is 1. The number of fused-ring (bicyclic) bond motifs is 1. The van der Waals surface area contributed by atoms with Crippen molar-refractivity contribution in [1.82, 2.24) is 9.55 Å². The second-order valence-corrected chi connectivity index (χ2v) is 7.18. The van der Waals surface area contributed by atoms with E-state index in [0.717, 1.165) is 27.3 Å². The van der Waals surface area contributed by atoms with Gasteiger partial charge in [-0.05, 0) is 26.0 Å². The molecule has 0 radical (unpaired) electrons. The summed E-state index contributed by atoms with van der Waals surface area (Å²) in [5.41, 5.74) is 2.73. The van der Waals surface area contributed by atoms with E-state index in [-0.39, 0.29) is 11.3 Å². The smallest absolute Gasteiger partial charge is 0.262 e. The summed E-state index contributed by atoms with van der Waals surface area (Å²) in [5, 5.41) is 2.56. The zero-order valence-electron chi connectivity index (χ0n) is 15.5. The molecule has 0 fully saturated rings. The first-order chi connectivity index (χ1) is 12.5. The van der Waals surface area contributed by atoms with Gasteiger partial charge in [0, 0.05) is 35.9 Å². The zero-order valence-corrected chi connectivity index (χ0v) is 16.3. The van der Waals surface area contributed by atoms with Crippen LogP contribution in [0.3, 0.4) is 0 Å². The van der Waals surface area contributed by atoms with Crippen LogP contribution < -0.4 is 10.3 Å². The second kappa shape index (κ2) is 7.41. The lowest BCUT2D eigenvalue weighted by Gasteiger charge is -2.12. The van der Waals surface area contributed by atoms with Crippen molar-refractivity contribution < 1.29 is 9.53 Å². The highest BCUT2D eigenvalue weighted by Gasteiger charge is 2.18. The Morgan fingerprint density at radius 1 is 1.31 bits per heavy atom. The van der Waals surface area contributed by atoms with E-state index in [1.165, 1.54) is 18.3 Å². The van der Waals surface area contributed by atoms with E-state index in [1.807, 2.05) is 37.4 Å². The fourth-order valence-corrected chi connectivity index (χ4v) is 4.01. The number of methoxy groups -OCH3 is 1. The van der Waals surface area contributed by atoms with Crippen LogP contribution >= 0.6 is 11.3 Å². The summed E-state index contributed by atoms with van der Waals surface area (Å²) in [7, 11) is 1.63. The number of nitrogens with zero attached hydrogens (tertiary/aromatic N) is 2. The Kier molecular flexibility index (Phi) is 5.23. The molecule has 0 aliphatic carbocycles. The largest absolute Gasteiger partial charge is 0.496 e. The van der Waals surface area contributed by atoms with Gasteiger partial charge in [0.05, 0.1) is 12.5 Å². The minimum Gasteiger partial charge on any atom is -0.496 e. The summed E-state index contributed by atoms with van der Waals surface area (Å²) in [6.07, 6.45) is 0.970. The summed E-state index contributed by atoms with van der Waals surface area (Å²) >= 11 is 1.46. The molecule has 0 unspecified atom stereocenters. The number of ketones is 1. The van der Waals surface area contributed by atoms with Crippen molar-refractivity contribution in [1.29, 1.82) is 0 Å². The van der Waals surface area contributed by atoms with Crippen molar-refractivity contribution in [2.75, 3.05) is 7.11 Å². The van der Waals surface area contributed by atoms with E-state index in [0.29, 0.717) is 30.6 Å². The van der Waals surface area contributed by atoms with Gasteiger partial charge in [-0.1, -0.05) is 18.6 Å². The first-order valence-corrected chi connectivity index (χ1v) is 9.49. The van der Waals surface area contributed by atoms with E-state index in [4.69, 9.17) is 4.74 Å². The summed E-state index contributed by atoms with van der Waals surface area (Å²) < 4.78 is 7.14. The topological polar surface area (TPSA) is 61.2 Å². The maximum absolute atomic E-state index is 13.2. The molecule has 5 nitrogen and oxygen atoms in total. The molecule has 136 valence electrons. The maximum Gasteiger partial charge on any atom is 0.262 e. The Labute approximate surface area is 156 Å². The molecule has 0 N–H and O–H groups in total. The number of carbonyl (C=O) groups is 1. The monoisotopic (exact) mass is 370 g/mol. The van der Waals surface area contributed by atoms with Crippen molar-refractivity contribution in [2.24, 2.45) is 0 Å². The quantitative estimate of drug-likeness (QED) is 0.658. The van der Waals surface area contributed by atoms with E-state index >= 15 is 0 Å². The lowest BCUT2D eigenvalue weighted by molar-refractivity contribution is -0.117. The van der Waals surface area contributed by atoms with E-state index in [1.54, 1.807) is 11.7 Å². The normalized spacial score (nSPS) is 11.1. The highest BCUT2D eigenvalue weighted by molar-refractivity contribution is 7.17. The molecule has 0 saturated heterocycles. The number of hydrogen-bond donors (Lipinski definition) is 0. The van der Waals surface area contributed by atoms with Gasteiger partial charge in [0.15, 0.2) is 0 Å². The lowest BCUT2D eigenvalue weighted by atomic mass is 10.0. The van der Waals surface area contributed by atoms with Crippen LogP contribution in [0.25, 0.3) is 21.3 Å². The van der Waals surface area contributed by atoms with Crippen LogP contribution in [0.2, 0.25) is 0 Å². The van der Waals surface area contributed by atoms with Gasteiger partial charge in [0.2, 0.25) is 0 Å². The predicted octanol–water partition coefficient (Wildman–Crippen LogP) is 3.98. The van der Waals surface area contributed by atoms with Crippen LogP contribution in [0.1, 0.15) is 31.7 Å². The fraction of sp³-hybridized carbons (Fsp3) is 0.350. The molecule has 0 saturated carbocycles. The van der Waals surface area contributed by atoms with Gasteiger partial charge < -0.3 is 4.74 Å². The second-order valence-electron chi connectivity index (χ2n) is 6.32. The van der Waals surface area contributed by atoms with Crippen LogP contribution in [0.4, 0.5) is 0 Å². The molecule has 0 amide bonds. The van der Waals surface area contributed by atoms with Crippen LogP contribution in [-0.4, -0.2) is 22.4 Å². The Balaban J connectivity index is 2.27. The van der Waals surface area contributed by atoms with E-state index in [2.05, 4.69) is 4.98 Å². The Morgan fingerprint density at radius 2 is 2.08 bits per heavy atom. The maximum atomic E-state index is 13.2. The number of aromatic nitrogens is 2. The minimum atomic E-state index is -0.0899. The molecule has 3 aromatic rings. The zero-order chi connectivity index (χ0) is 18.8. The number of carbonyl (C=O) groups excluding carboxylic acids is 1. The van der Waals surface area contributed by atoms with Crippen molar-refractivity contribution >= 4 is 27.3 Å². The third kappa shape index (κ3) is 3.29. The Bertz CT molecular complexity index is 1030. The number of aryl methyl sites for hydroxylation is 2. The van der Waals surface area contributed by atoms with Crippen molar-refractivity contribution in [3.05, 3.63) is 45.3 Å². The van der Waals surface area contributed by atoms with Gasteiger partial charge in [0.1, 0.15) is 22.2 Å². The molecule has 1 aromatic carbocycles.